The third-order valence-electron chi connectivity index (χ3n) is 3.10. The Morgan fingerprint density at radius 1 is 1.39 bits per heavy atom. The number of aliphatic carboxylic acids is 1. The van der Waals surface area contributed by atoms with Crippen LogP contribution in [0.3, 0.4) is 0 Å². The van der Waals surface area contributed by atoms with E-state index in [1.807, 2.05) is 0 Å². The fraction of sp³-hybridized carbons (Fsp3) is 0.308. The summed E-state index contributed by atoms with van der Waals surface area (Å²) in [6.07, 6.45) is -0.111. The highest BCUT2D eigenvalue weighted by molar-refractivity contribution is 8.00. The van der Waals surface area contributed by atoms with Gasteiger partial charge >= 0.3 is 5.97 Å². The molecule has 2 rings (SSSR count). The van der Waals surface area contributed by atoms with Crippen LogP contribution in [-0.4, -0.2) is 44.9 Å². The van der Waals surface area contributed by atoms with Crippen LogP contribution in [0.2, 0.25) is 0 Å². The fourth-order valence-corrected chi connectivity index (χ4v) is 3.07. The first-order valence-corrected chi connectivity index (χ1v) is 7.61. The van der Waals surface area contributed by atoms with Gasteiger partial charge in [0.15, 0.2) is 0 Å². The van der Waals surface area contributed by atoms with E-state index in [1.54, 1.807) is 0 Å². The number of carboxylic acid groups (broad SMARTS) is 1. The van der Waals surface area contributed by atoms with Crippen LogP contribution in [0.25, 0.3) is 0 Å². The van der Waals surface area contributed by atoms with Crippen molar-refractivity contribution in [1.29, 1.82) is 0 Å². The number of carbonyl (C=O) groups is 3. The minimum Gasteiger partial charge on any atom is -0.480 e. The molecule has 1 fully saturated rings. The van der Waals surface area contributed by atoms with Gasteiger partial charge in [0.05, 0.1) is 10.2 Å². The highest BCUT2D eigenvalue weighted by Crippen LogP contribution is 2.22. The summed E-state index contributed by atoms with van der Waals surface area (Å²) in [5.41, 5.74) is 0.287. The lowest BCUT2D eigenvalue weighted by Crippen LogP contribution is -2.51. The predicted molar refractivity (Wildman–Crippen MR) is 82.2 cm³/mol. The molecule has 1 aliphatic heterocycles. The van der Waals surface area contributed by atoms with E-state index in [1.165, 1.54) is 24.3 Å². The Kier molecular flexibility index (Phi) is 5.16. The van der Waals surface area contributed by atoms with Crippen LogP contribution in [0.1, 0.15) is 6.42 Å². The van der Waals surface area contributed by atoms with Gasteiger partial charge in [-0.05, 0) is 12.1 Å². The zero-order valence-electron chi connectivity index (χ0n) is 11.7. The lowest BCUT2D eigenvalue weighted by molar-refractivity contribution is -0.384. The van der Waals surface area contributed by atoms with E-state index < -0.39 is 34.0 Å². The van der Waals surface area contributed by atoms with Crippen molar-refractivity contribution in [1.82, 2.24) is 5.32 Å². The van der Waals surface area contributed by atoms with Crippen molar-refractivity contribution in [2.24, 2.45) is 0 Å². The largest absolute Gasteiger partial charge is 0.480 e. The molecule has 2 amide bonds. The summed E-state index contributed by atoms with van der Waals surface area (Å²) < 4.78 is 0. The Morgan fingerprint density at radius 3 is 2.57 bits per heavy atom. The first-order valence-electron chi connectivity index (χ1n) is 6.56. The van der Waals surface area contributed by atoms with E-state index in [4.69, 9.17) is 5.11 Å². The van der Waals surface area contributed by atoms with Crippen LogP contribution < -0.4 is 10.6 Å². The number of carboxylic acids is 1. The van der Waals surface area contributed by atoms with Crippen LogP contribution in [0.4, 0.5) is 11.4 Å². The van der Waals surface area contributed by atoms with Crippen LogP contribution in [0.5, 0.6) is 0 Å². The number of nitro groups is 1. The maximum atomic E-state index is 11.9. The standard InChI is InChI=1S/C13H13N3O6S/c17-11(14-7-1-3-8(4-2-7)16(21)22)5-10-12(18)15-9(6-23-10)13(19)20/h1-4,9-10H,5-6H2,(H,14,17)(H,15,18)(H,19,20)/t9-,10+/m1/s1. The second-order valence-electron chi connectivity index (χ2n) is 4.78. The van der Waals surface area contributed by atoms with Gasteiger partial charge < -0.3 is 15.7 Å². The average molecular weight is 339 g/mol. The summed E-state index contributed by atoms with van der Waals surface area (Å²) >= 11 is 1.11. The SMILES string of the molecule is O=C(C[C@@H]1SC[C@H](C(=O)O)NC1=O)Nc1ccc([N+](=O)[O-])cc1. The first-order chi connectivity index (χ1) is 10.9. The highest BCUT2D eigenvalue weighted by atomic mass is 32.2. The zero-order chi connectivity index (χ0) is 17.0. The van der Waals surface area contributed by atoms with Crippen molar-refractivity contribution in [2.75, 3.05) is 11.1 Å². The van der Waals surface area contributed by atoms with Gasteiger partial charge in [0.1, 0.15) is 6.04 Å². The summed E-state index contributed by atoms with van der Waals surface area (Å²) in [4.78, 5) is 44.5. The van der Waals surface area contributed by atoms with Gasteiger partial charge in [0.25, 0.3) is 5.69 Å². The number of hydrogen-bond acceptors (Lipinski definition) is 6. The summed E-state index contributed by atoms with van der Waals surface area (Å²) in [5.74, 6) is -1.84. The Balaban J connectivity index is 1.88. The van der Waals surface area contributed by atoms with E-state index in [2.05, 4.69) is 10.6 Å². The molecule has 23 heavy (non-hydrogen) atoms. The van der Waals surface area contributed by atoms with Crippen LogP contribution in [0.15, 0.2) is 24.3 Å². The molecule has 1 aromatic carbocycles. The minimum absolute atomic E-state index is 0.0927. The van der Waals surface area contributed by atoms with Gasteiger partial charge in [-0.2, -0.15) is 0 Å². The first kappa shape index (κ1) is 16.7. The molecule has 1 aromatic rings. The van der Waals surface area contributed by atoms with E-state index in [0.29, 0.717) is 5.69 Å². The highest BCUT2D eigenvalue weighted by Gasteiger charge is 2.33. The number of amides is 2. The number of anilines is 1. The molecule has 0 bridgehead atoms. The molecule has 0 radical (unpaired) electrons. The molecule has 3 N–H and O–H groups in total. The lowest BCUT2D eigenvalue weighted by Gasteiger charge is -2.25. The molecule has 1 aliphatic rings. The van der Waals surface area contributed by atoms with E-state index >= 15 is 0 Å². The minimum atomic E-state index is -1.11. The number of hydrogen-bond donors (Lipinski definition) is 3. The molecule has 0 aliphatic carbocycles. The maximum Gasteiger partial charge on any atom is 0.327 e. The van der Waals surface area contributed by atoms with E-state index in [-0.39, 0.29) is 17.9 Å². The smallest absolute Gasteiger partial charge is 0.327 e. The average Bonchev–Trinajstić information content (AvgIpc) is 2.49. The van der Waals surface area contributed by atoms with E-state index in [9.17, 15) is 24.5 Å². The zero-order valence-corrected chi connectivity index (χ0v) is 12.5. The molecule has 10 heteroatoms. The molecule has 1 saturated heterocycles. The monoisotopic (exact) mass is 339 g/mol. The van der Waals surface area contributed by atoms with Crippen LogP contribution in [0, 0.1) is 10.1 Å². The quantitative estimate of drug-likeness (QED) is 0.527. The number of rotatable bonds is 5. The van der Waals surface area contributed by atoms with Gasteiger partial charge in [-0.15, -0.1) is 11.8 Å². The summed E-state index contributed by atoms with van der Waals surface area (Å²) in [7, 11) is 0. The number of nitrogens with one attached hydrogen (secondary N) is 2. The molecule has 0 aromatic heterocycles. The van der Waals surface area contributed by atoms with Crippen molar-refractivity contribution in [3.8, 4) is 0 Å². The summed E-state index contributed by atoms with van der Waals surface area (Å²) in [6, 6.07) is 4.36. The molecule has 9 nitrogen and oxygen atoms in total. The van der Waals surface area contributed by atoms with Gasteiger partial charge in [-0.25, -0.2) is 4.79 Å². The Morgan fingerprint density at radius 2 is 2.04 bits per heavy atom. The third kappa shape index (κ3) is 4.42. The summed E-state index contributed by atoms with van der Waals surface area (Å²) in [6.45, 7) is 0. The third-order valence-corrected chi connectivity index (χ3v) is 4.41. The predicted octanol–water partition coefficient (Wildman–Crippen LogP) is 0.608. The molecule has 0 unspecified atom stereocenters. The number of thioether (sulfide) groups is 1. The molecular formula is C13H13N3O6S. The second kappa shape index (κ2) is 7.09. The topological polar surface area (TPSA) is 139 Å². The van der Waals surface area contributed by atoms with Gasteiger partial charge in [0, 0.05) is 30.0 Å². The van der Waals surface area contributed by atoms with Gasteiger partial charge in [-0.3, -0.25) is 19.7 Å². The normalized spacial score (nSPS) is 20.4. The maximum absolute atomic E-state index is 11.9. The molecule has 1 heterocycles. The van der Waals surface area contributed by atoms with Crippen molar-refractivity contribution in [2.45, 2.75) is 17.7 Å². The lowest BCUT2D eigenvalue weighted by atomic mass is 10.2. The molecule has 122 valence electrons. The Labute approximate surface area is 134 Å². The molecule has 0 spiro atoms. The number of non-ortho nitro benzene ring substituents is 1. The van der Waals surface area contributed by atoms with E-state index in [0.717, 1.165) is 11.8 Å². The Bertz CT molecular complexity index is 648. The van der Waals surface area contributed by atoms with Crippen molar-refractivity contribution >= 4 is 40.9 Å². The van der Waals surface area contributed by atoms with Crippen LogP contribution in [-0.2, 0) is 14.4 Å². The molecule has 0 saturated carbocycles. The number of carbonyl (C=O) groups excluding carboxylic acids is 2. The molecular weight excluding hydrogens is 326 g/mol. The number of nitro benzene ring substituents is 1. The Hall–Kier alpha value is -2.62. The summed E-state index contributed by atoms with van der Waals surface area (Å²) in [5, 5.41) is 23.6. The van der Waals surface area contributed by atoms with Crippen LogP contribution >= 0.6 is 11.8 Å². The number of benzene rings is 1. The van der Waals surface area contributed by atoms with Crippen molar-refractivity contribution < 1.29 is 24.4 Å². The van der Waals surface area contributed by atoms with Gasteiger partial charge in [0.2, 0.25) is 11.8 Å². The van der Waals surface area contributed by atoms with Crippen molar-refractivity contribution in [3.05, 3.63) is 34.4 Å². The van der Waals surface area contributed by atoms with Crippen molar-refractivity contribution in [3.63, 3.8) is 0 Å². The molecule has 2 atom stereocenters. The second-order valence-corrected chi connectivity index (χ2v) is 6.01. The van der Waals surface area contributed by atoms with Gasteiger partial charge in [-0.1, -0.05) is 0 Å². The fourth-order valence-electron chi connectivity index (χ4n) is 1.93. The number of nitrogens with zero attached hydrogens (tertiary/aromatic N) is 1.